The summed E-state index contributed by atoms with van der Waals surface area (Å²) in [5.74, 6) is 0.539. The second-order valence-corrected chi connectivity index (χ2v) is 4.98. The Hall–Kier alpha value is -0.310. The molecule has 3 unspecified atom stereocenters. The molecule has 0 aromatic rings. The number of allylic oxidation sites excluding steroid dienone is 2. The van der Waals surface area contributed by atoms with Crippen LogP contribution < -0.4 is 10.2 Å². The van der Waals surface area contributed by atoms with Gasteiger partial charge in [0, 0.05) is 12.0 Å². The fourth-order valence-corrected chi connectivity index (χ4v) is 2.78. The molecule has 0 aromatic carbocycles. The molecule has 3 atom stereocenters. The first-order valence-electron chi connectivity index (χ1n) is 6.34. The lowest BCUT2D eigenvalue weighted by Crippen LogP contribution is -2.48. The zero-order valence-electron chi connectivity index (χ0n) is 9.66. The molecule has 2 nitrogen and oxygen atoms in total. The van der Waals surface area contributed by atoms with Gasteiger partial charge in [0.1, 0.15) is 0 Å². The second-order valence-electron chi connectivity index (χ2n) is 4.76. The number of hydrogen-bond acceptors (Lipinski definition) is 2. The fraction of sp³-hybridized carbons (Fsp3) is 0.692. The van der Waals surface area contributed by atoms with Crippen LogP contribution in [0.25, 0.3) is 0 Å². The molecule has 2 aliphatic rings. The molecular formula is C13H21ClN2. The van der Waals surface area contributed by atoms with Crippen molar-refractivity contribution < 1.29 is 0 Å². The standard InChI is InChI=1S/C13H21ClN2/c14-16-13(11-7-3-1-4-8-11)15-12-9-5-2-6-10-12/h2-3,5,7,11-13,15-16H,1,4,6,8-10H2. The summed E-state index contributed by atoms with van der Waals surface area (Å²) in [5, 5.41) is 3.63. The monoisotopic (exact) mass is 240 g/mol. The Morgan fingerprint density at radius 1 is 1.12 bits per heavy atom. The van der Waals surface area contributed by atoms with Crippen molar-refractivity contribution in [2.75, 3.05) is 0 Å². The van der Waals surface area contributed by atoms with Gasteiger partial charge in [0.25, 0.3) is 0 Å². The van der Waals surface area contributed by atoms with E-state index < -0.39 is 0 Å². The normalized spacial score (nSPS) is 31.6. The molecule has 2 aliphatic carbocycles. The topological polar surface area (TPSA) is 24.1 Å². The van der Waals surface area contributed by atoms with Gasteiger partial charge in [-0.3, -0.25) is 5.32 Å². The van der Waals surface area contributed by atoms with Crippen molar-refractivity contribution in [3.63, 3.8) is 0 Å². The third kappa shape index (κ3) is 3.34. The molecule has 0 aromatic heterocycles. The molecule has 90 valence electrons. The van der Waals surface area contributed by atoms with Crippen LogP contribution in [0.4, 0.5) is 0 Å². The molecule has 0 amide bonds. The van der Waals surface area contributed by atoms with Crippen molar-refractivity contribution in [2.24, 2.45) is 5.92 Å². The highest BCUT2D eigenvalue weighted by Gasteiger charge is 2.22. The van der Waals surface area contributed by atoms with Crippen LogP contribution in [0.1, 0.15) is 38.5 Å². The summed E-state index contributed by atoms with van der Waals surface area (Å²) >= 11 is 5.86. The van der Waals surface area contributed by atoms with E-state index in [4.69, 9.17) is 11.8 Å². The van der Waals surface area contributed by atoms with Crippen molar-refractivity contribution in [1.82, 2.24) is 10.2 Å². The highest BCUT2D eigenvalue weighted by atomic mass is 35.5. The maximum absolute atomic E-state index is 5.86. The van der Waals surface area contributed by atoms with Crippen molar-refractivity contribution in [3.8, 4) is 0 Å². The molecular weight excluding hydrogens is 220 g/mol. The van der Waals surface area contributed by atoms with Crippen LogP contribution in [-0.4, -0.2) is 12.2 Å². The van der Waals surface area contributed by atoms with Crippen LogP contribution in [0.5, 0.6) is 0 Å². The van der Waals surface area contributed by atoms with Gasteiger partial charge in [-0.1, -0.05) is 24.3 Å². The van der Waals surface area contributed by atoms with Crippen LogP contribution in [0.3, 0.4) is 0 Å². The largest absolute Gasteiger partial charge is 0.297 e. The predicted molar refractivity (Wildman–Crippen MR) is 69.2 cm³/mol. The minimum Gasteiger partial charge on any atom is -0.297 e. The Kier molecular flexibility index (Phi) is 4.89. The molecule has 2 rings (SSSR count). The van der Waals surface area contributed by atoms with Gasteiger partial charge in [-0.05, 0) is 50.3 Å². The average molecular weight is 241 g/mol. The van der Waals surface area contributed by atoms with Crippen LogP contribution in [-0.2, 0) is 0 Å². The summed E-state index contributed by atoms with van der Waals surface area (Å²) in [7, 11) is 0. The van der Waals surface area contributed by atoms with E-state index in [-0.39, 0.29) is 6.17 Å². The quantitative estimate of drug-likeness (QED) is 0.448. The summed E-state index contributed by atoms with van der Waals surface area (Å²) in [4.78, 5) is 2.90. The number of hydrogen-bond donors (Lipinski definition) is 2. The van der Waals surface area contributed by atoms with E-state index in [2.05, 4.69) is 34.5 Å². The molecule has 2 N–H and O–H groups in total. The van der Waals surface area contributed by atoms with Crippen molar-refractivity contribution >= 4 is 11.8 Å². The Morgan fingerprint density at radius 2 is 2.06 bits per heavy atom. The van der Waals surface area contributed by atoms with E-state index >= 15 is 0 Å². The Labute approximate surface area is 103 Å². The van der Waals surface area contributed by atoms with Crippen molar-refractivity contribution in [3.05, 3.63) is 24.3 Å². The Balaban J connectivity index is 1.86. The molecule has 16 heavy (non-hydrogen) atoms. The summed E-state index contributed by atoms with van der Waals surface area (Å²) in [6.07, 6.45) is 16.6. The first kappa shape index (κ1) is 12.2. The highest BCUT2D eigenvalue weighted by Crippen LogP contribution is 2.21. The molecule has 0 fully saturated rings. The minimum atomic E-state index is 0.217. The molecule has 0 saturated heterocycles. The van der Waals surface area contributed by atoms with Gasteiger partial charge in [0.2, 0.25) is 0 Å². The van der Waals surface area contributed by atoms with Crippen LogP contribution >= 0.6 is 11.8 Å². The SMILES string of the molecule is ClNC(NC1CC=CCC1)C1C=CCCC1. The third-order valence-electron chi connectivity index (χ3n) is 3.52. The summed E-state index contributed by atoms with van der Waals surface area (Å²) in [6, 6.07) is 0.580. The van der Waals surface area contributed by atoms with E-state index in [1.807, 2.05) is 0 Å². The Morgan fingerprint density at radius 3 is 2.69 bits per heavy atom. The molecule has 3 heteroatoms. The van der Waals surface area contributed by atoms with Crippen molar-refractivity contribution in [2.45, 2.75) is 50.7 Å². The van der Waals surface area contributed by atoms with Crippen LogP contribution in [0, 0.1) is 5.92 Å². The molecule has 0 saturated carbocycles. The summed E-state index contributed by atoms with van der Waals surface area (Å²) in [6.45, 7) is 0. The van der Waals surface area contributed by atoms with E-state index in [9.17, 15) is 0 Å². The zero-order valence-corrected chi connectivity index (χ0v) is 10.4. The van der Waals surface area contributed by atoms with Crippen LogP contribution in [0.2, 0.25) is 0 Å². The first-order valence-corrected chi connectivity index (χ1v) is 6.72. The Bertz CT molecular complexity index is 263. The maximum atomic E-state index is 5.86. The van der Waals surface area contributed by atoms with E-state index in [1.165, 1.54) is 32.1 Å². The molecule has 0 radical (unpaired) electrons. The third-order valence-corrected chi connectivity index (χ3v) is 3.76. The maximum Gasteiger partial charge on any atom is 0.0779 e. The van der Waals surface area contributed by atoms with Gasteiger partial charge in [0.15, 0.2) is 0 Å². The van der Waals surface area contributed by atoms with E-state index in [1.54, 1.807) is 0 Å². The summed E-state index contributed by atoms with van der Waals surface area (Å²) < 4.78 is 0. The smallest absolute Gasteiger partial charge is 0.0779 e. The molecule has 0 bridgehead atoms. The lowest BCUT2D eigenvalue weighted by atomic mass is 9.92. The fourth-order valence-electron chi connectivity index (χ4n) is 2.55. The second kappa shape index (κ2) is 6.43. The summed E-state index contributed by atoms with van der Waals surface area (Å²) in [5.41, 5.74) is 0. The number of nitrogens with one attached hydrogen (secondary N) is 2. The number of halogens is 1. The number of rotatable bonds is 4. The van der Waals surface area contributed by atoms with Gasteiger partial charge in [0.05, 0.1) is 6.17 Å². The van der Waals surface area contributed by atoms with E-state index in [0.717, 1.165) is 6.42 Å². The minimum absolute atomic E-state index is 0.217. The van der Waals surface area contributed by atoms with E-state index in [0.29, 0.717) is 12.0 Å². The average Bonchev–Trinajstić information content (AvgIpc) is 2.38. The molecule has 0 heterocycles. The van der Waals surface area contributed by atoms with Gasteiger partial charge in [-0.25, -0.2) is 4.84 Å². The van der Waals surface area contributed by atoms with Gasteiger partial charge >= 0.3 is 0 Å². The highest BCUT2D eigenvalue weighted by molar-refractivity contribution is 6.13. The predicted octanol–water partition coefficient (Wildman–Crippen LogP) is 3.11. The first-order chi connectivity index (χ1) is 7.90. The van der Waals surface area contributed by atoms with Crippen LogP contribution in [0.15, 0.2) is 24.3 Å². The lowest BCUT2D eigenvalue weighted by molar-refractivity contribution is 0.312. The van der Waals surface area contributed by atoms with Gasteiger partial charge in [-0.15, -0.1) is 0 Å². The zero-order chi connectivity index (χ0) is 11.2. The van der Waals surface area contributed by atoms with Crippen molar-refractivity contribution in [1.29, 1.82) is 0 Å². The molecule has 0 spiro atoms. The molecule has 0 aliphatic heterocycles. The van der Waals surface area contributed by atoms with Gasteiger partial charge in [-0.2, -0.15) is 0 Å². The van der Waals surface area contributed by atoms with Gasteiger partial charge < -0.3 is 0 Å². The lowest BCUT2D eigenvalue weighted by Gasteiger charge is -2.31.